The molecule has 0 saturated carbocycles. The normalized spacial score (nSPS) is 11.2. The van der Waals surface area contributed by atoms with Crippen LogP contribution in [0.4, 0.5) is 0 Å². The molecule has 5 nitrogen and oxygen atoms in total. The predicted octanol–water partition coefficient (Wildman–Crippen LogP) is 2.22. The number of hydrogen-bond donors (Lipinski definition) is 1. The van der Waals surface area contributed by atoms with Crippen molar-refractivity contribution in [3.63, 3.8) is 0 Å². The number of Topliss-reactive ketones (excluding diaryl/α,β-unsaturated/α-hetero) is 1. The van der Waals surface area contributed by atoms with E-state index in [0.29, 0.717) is 5.56 Å². The van der Waals surface area contributed by atoms with Crippen LogP contribution in [0.3, 0.4) is 0 Å². The highest BCUT2D eigenvalue weighted by Crippen LogP contribution is 2.13. The standard InChI is InChI=1S/C16H19N3O2/c1-16(2,3)14(20)10-17-15(21)12-9-18-19(11-12)13-7-5-4-6-8-13/h4-9,11H,10H2,1-3H3,(H,17,21). The van der Waals surface area contributed by atoms with Gasteiger partial charge in [0.25, 0.3) is 5.91 Å². The minimum Gasteiger partial charge on any atom is -0.345 e. The summed E-state index contributed by atoms with van der Waals surface area (Å²) in [5, 5.41) is 6.78. The quantitative estimate of drug-likeness (QED) is 0.936. The van der Waals surface area contributed by atoms with Crippen molar-refractivity contribution < 1.29 is 9.59 Å². The van der Waals surface area contributed by atoms with Gasteiger partial charge in [-0.25, -0.2) is 4.68 Å². The number of carbonyl (C=O) groups is 2. The van der Waals surface area contributed by atoms with Crippen LogP contribution in [0.2, 0.25) is 0 Å². The number of aromatic nitrogens is 2. The molecule has 21 heavy (non-hydrogen) atoms. The topological polar surface area (TPSA) is 64.0 Å². The van der Waals surface area contributed by atoms with Gasteiger partial charge in [0.1, 0.15) is 0 Å². The molecular formula is C16H19N3O2. The third-order valence-corrected chi connectivity index (χ3v) is 3.11. The van der Waals surface area contributed by atoms with Crippen molar-refractivity contribution in [1.29, 1.82) is 0 Å². The van der Waals surface area contributed by atoms with Crippen LogP contribution in [0, 0.1) is 5.41 Å². The molecule has 5 heteroatoms. The number of para-hydroxylation sites is 1. The SMILES string of the molecule is CC(C)(C)C(=O)CNC(=O)c1cnn(-c2ccccc2)c1. The van der Waals surface area contributed by atoms with Crippen LogP contribution in [0.25, 0.3) is 5.69 Å². The molecule has 0 bridgehead atoms. The van der Waals surface area contributed by atoms with Crippen LogP contribution in [0.5, 0.6) is 0 Å². The summed E-state index contributed by atoms with van der Waals surface area (Å²) in [5.74, 6) is -0.305. The molecule has 0 aliphatic heterocycles. The number of hydrogen-bond acceptors (Lipinski definition) is 3. The number of nitrogens with one attached hydrogen (secondary N) is 1. The molecule has 0 saturated heterocycles. The molecule has 110 valence electrons. The van der Waals surface area contributed by atoms with Gasteiger partial charge in [-0.3, -0.25) is 9.59 Å². The van der Waals surface area contributed by atoms with E-state index in [0.717, 1.165) is 5.69 Å². The highest BCUT2D eigenvalue weighted by Gasteiger charge is 2.21. The maximum absolute atomic E-state index is 12.0. The first-order valence-electron chi connectivity index (χ1n) is 6.79. The summed E-state index contributed by atoms with van der Waals surface area (Å²) in [6.45, 7) is 5.51. The van der Waals surface area contributed by atoms with Crippen LogP contribution in [-0.4, -0.2) is 28.0 Å². The van der Waals surface area contributed by atoms with E-state index < -0.39 is 5.41 Å². The lowest BCUT2D eigenvalue weighted by Crippen LogP contribution is -2.35. The fourth-order valence-electron chi connectivity index (χ4n) is 1.69. The molecular weight excluding hydrogens is 266 g/mol. The molecule has 0 aliphatic rings. The van der Waals surface area contributed by atoms with E-state index in [1.165, 1.54) is 6.20 Å². The first-order valence-corrected chi connectivity index (χ1v) is 6.79. The van der Waals surface area contributed by atoms with Crippen molar-refractivity contribution in [2.45, 2.75) is 20.8 Å². The number of benzene rings is 1. The molecule has 0 fully saturated rings. The number of amides is 1. The molecule has 2 rings (SSSR count). The lowest BCUT2D eigenvalue weighted by Gasteiger charge is -2.16. The van der Waals surface area contributed by atoms with Crippen molar-refractivity contribution in [3.8, 4) is 5.69 Å². The number of nitrogens with zero attached hydrogens (tertiary/aromatic N) is 2. The van der Waals surface area contributed by atoms with Gasteiger partial charge < -0.3 is 5.32 Å². The molecule has 2 aromatic rings. The van der Waals surface area contributed by atoms with Crippen LogP contribution >= 0.6 is 0 Å². The van der Waals surface area contributed by atoms with Crippen molar-refractivity contribution in [1.82, 2.24) is 15.1 Å². The first kappa shape index (κ1) is 15.0. The zero-order chi connectivity index (χ0) is 15.5. The van der Waals surface area contributed by atoms with Gasteiger partial charge in [0.15, 0.2) is 5.78 Å². The Hall–Kier alpha value is -2.43. The molecule has 0 unspecified atom stereocenters. The van der Waals surface area contributed by atoms with E-state index in [9.17, 15) is 9.59 Å². The van der Waals surface area contributed by atoms with Crippen molar-refractivity contribution in [3.05, 3.63) is 48.3 Å². The molecule has 0 spiro atoms. The van der Waals surface area contributed by atoms with Crippen molar-refractivity contribution >= 4 is 11.7 Å². The highest BCUT2D eigenvalue weighted by atomic mass is 16.2. The maximum Gasteiger partial charge on any atom is 0.254 e. The van der Waals surface area contributed by atoms with Crippen LogP contribution in [-0.2, 0) is 4.79 Å². The summed E-state index contributed by atoms with van der Waals surface area (Å²) >= 11 is 0. The van der Waals surface area contributed by atoms with E-state index >= 15 is 0 Å². The number of carbonyl (C=O) groups excluding carboxylic acids is 2. The smallest absolute Gasteiger partial charge is 0.254 e. The Balaban J connectivity index is 2.02. The fraction of sp³-hybridized carbons (Fsp3) is 0.312. The lowest BCUT2D eigenvalue weighted by molar-refractivity contribution is -0.125. The number of ketones is 1. The second-order valence-electron chi connectivity index (χ2n) is 5.86. The van der Waals surface area contributed by atoms with E-state index in [-0.39, 0.29) is 18.2 Å². The summed E-state index contributed by atoms with van der Waals surface area (Å²) in [4.78, 5) is 23.8. The number of rotatable bonds is 4. The Morgan fingerprint density at radius 3 is 2.48 bits per heavy atom. The minimum atomic E-state index is -0.457. The second-order valence-corrected chi connectivity index (χ2v) is 5.86. The minimum absolute atomic E-state index is 0.00805. The zero-order valence-electron chi connectivity index (χ0n) is 12.5. The Bertz CT molecular complexity index is 639. The Morgan fingerprint density at radius 1 is 1.19 bits per heavy atom. The predicted molar refractivity (Wildman–Crippen MR) is 80.4 cm³/mol. The third-order valence-electron chi connectivity index (χ3n) is 3.11. The Kier molecular flexibility index (Phi) is 4.21. The average Bonchev–Trinajstić information content (AvgIpc) is 2.94. The summed E-state index contributed by atoms with van der Waals surface area (Å²) in [7, 11) is 0. The van der Waals surface area contributed by atoms with Gasteiger partial charge >= 0.3 is 0 Å². The lowest BCUT2D eigenvalue weighted by atomic mass is 9.91. The van der Waals surface area contributed by atoms with Gasteiger partial charge in [0.05, 0.1) is 24.0 Å². The van der Waals surface area contributed by atoms with Crippen LogP contribution < -0.4 is 5.32 Å². The van der Waals surface area contributed by atoms with E-state index in [1.54, 1.807) is 10.9 Å². The largest absolute Gasteiger partial charge is 0.345 e. The van der Waals surface area contributed by atoms with Gasteiger partial charge in [-0.2, -0.15) is 5.10 Å². The van der Waals surface area contributed by atoms with Gasteiger partial charge in [-0.15, -0.1) is 0 Å². The summed E-state index contributed by atoms with van der Waals surface area (Å²) in [6, 6.07) is 9.52. The van der Waals surface area contributed by atoms with E-state index in [4.69, 9.17) is 0 Å². The van der Waals surface area contributed by atoms with E-state index in [1.807, 2.05) is 51.1 Å². The van der Waals surface area contributed by atoms with E-state index in [2.05, 4.69) is 10.4 Å². The Labute approximate surface area is 124 Å². The second kappa shape index (κ2) is 5.91. The van der Waals surface area contributed by atoms with Crippen molar-refractivity contribution in [2.75, 3.05) is 6.54 Å². The van der Waals surface area contributed by atoms with Gasteiger partial charge in [0, 0.05) is 11.6 Å². The molecule has 0 radical (unpaired) electrons. The molecule has 1 amide bonds. The molecule has 1 N–H and O–H groups in total. The molecule has 0 aliphatic carbocycles. The summed E-state index contributed by atoms with van der Waals surface area (Å²) in [6.07, 6.45) is 3.14. The first-order chi connectivity index (χ1) is 9.88. The van der Waals surface area contributed by atoms with Crippen LogP contribution in [0.15, 0.2) is 42.7 Å². The summed E-state index contributed by atoms with van der Waals surface area (Å²) in [5.41, 5.74) is 0.851. The molecule has 1 heterocycles. The maximum atomic E-state index is 12.0. The van der Waals surface area contributed by atoms with Crippen LogP contribution in [0.1, 0.15) is 31.1 Å². The van der Waals surface area contributed by atoms with Gasteiger partial charge in [-0.05, 0) is 12.1 Å². The van der Waals surface area contributed by atoms with Gasteiger partial charge in [-0.1, -0.05) is 39.0 Å². The molecule has 0 atom stereocenters. The Morgan fingerprint density at radius 2 is 1.86 bits per heavy atom. The fourth-order valence-corrected chi connectivity index (χ4v) is 1.69. The van der Waals surface area contributed by atoms with Gasteiger partial charge in [0.2, 0.25) is 0 Å². The van der Waals surface area contributed by atoms with Crippen molar-refractivity contribution in [2.24, 2.45) is 5.41 Å². The average molecular weight is 285 g/mol. The molecule has 1 aromatic carbocycles. The monoisotopic (exact) mass is 285 g/mol. The zero-order valence-corrected chi connectivity index (χ0v) is 12.5. The summed E-state index contributed by atoms with van der Waals surface area (Å²) < 4.78 is 1.63. The highest BCUT2D eigenvalue weighted by molar-refractivity contribution is 5.97. The molecule has 1 aromatic heterocycles. The third kappa shape index (κ3) is 3.78.